The van der Waals surface area contributed by atoms with Crippen molar-refractivity contribution < 1.29 is 24.1 Å². The minimum Gasteiger partial charge on any atom is -0.345 e. The van der Waals surface area contributed by atoms with Gasteiger partial charge in [0.05, 0.1) is 11.5 Å². The van der Waals surface area contributed by atoms with E-state index in [1.165, 1.54) is 31.2 Å². The Morgan fingerprint density at radius 3 is 2.55 bits per heavy atom. The summed E-state index contributed by atoms with van der Waals surface area (Å²) in [6.45, 7) is 2.41. The largest absolute Gasteiger partial charge is 0.345 e. The zero-order chi connectivity index (χ0) is 24.2. The van der Waals surface area contributed by atoms with Gasteiger partial charge in [0.1, 0.15) is 12.1 Å². The fourth-order valence-electron chi connectivity index (χ4n) is 3.49. The lowest BCUT2D eigenvalue weighted by Gasteiger charge is -2.22. The van der Waals surface area contributed by atoms with E-state index in [9.17, 15) is 29.3 Å². The van der Waals surface area contributed by atoms with Crippen LogP contribution in [0.2, 0.25) is 0 Å². The van der Waals surface area contributed by atoms with E-state index in [0.29, 0.717) is 10.6 Å². The van der Waals surface area contributed by atoms with Crippen molar-refractivity contribution >= 4 is 35.1 Å². The Balaban J connectivity index is 1.61. The molecule has 172 valence electrons. The van der Waals surface area contributed by atoms with Crippen LogP contribution in [0.15, 0.2) is 48.5 Å². The lowest BCUT2D eigenvalue weighted by molar-refractivity contribution is -0.385. The summed E-state index contributed by atoms with van der Waals surface area (Å²) in [6.07, 6.45) is 0.721. The van der Waals surface area contributed by atoms with E-state index in [2.05, 4.69) is 16.0 Å². The highest BCUT2D eigenvalue weighted by atomic mass is 16.6. The number of benzene rings is 2. The van der Waals surface area contributed by atoms with Gasteiger partial charge in [-0.05, 0) is 30.5 Å². The number of para-hydroxylation sites is 1. The lowest BCUT2D eigenvalue weighted by Crippen LogP contribution is -2.44. The Morgan fingerprint density at radius 2 is 1.85 bits per heavy atom. The van der Waals surface area contributed by atoms with Crippen molar-refractivity contribution in [1.82, 2.24) is 15.5 Å². The molecule has 5 amide bonds. The minimum atomic E-state index is -1.56. The van der Waals surface area contributed by atoms with Crippen molar-refractivity contribution in [2.75, 3.05) is 18.4 Å². The van der Waals surface area contributed by atoms with Gasteiger partial charge in [0.2, 0.25) is 11.8 Å². The average molecular weight is 453 g/mol. The number of rotatable bonds is 8. The van der Waals surface area contributed by atoms with Crippen molar-refractivity contribution in [3.63, 3.8) is 0 Å². The summed E-state index contributed by atoms with van der Waals surface area (Å²) >= 11 is 0. The average Bonchev–Trinajstić information content (AvgIpc) is 3.02. The Labute approximate surface area is 189 Å². The Hall–Kier alpha value is -4.28. The van der Waals surface area contributed by atoms with Crippen LogP contribution in [0.5, 0.6) is 0 Å². The molecule has 0 spiro atoms. The van der Waals surface area contributed by atoms with Crippen molar-refractivity contribution in [2.45, 2.75) is 25.8 Å². The van der Waals surface area contributed by atoms with Crippen LogP contribution in [0, 0.1) is 10.1 Å². The quantitative estimate of drug-likeness (QED) is 0.314. The first-order chi connectivity index (χ1) is 15.7. The third kappa shape index (κ3) is 4.97. The molecule has 1 heterocycles. The van der Waals surface area contributed by atoms with Crippen LogP contribution in [0.1, 0.15) is 25.0 Å². The summed E-state index contributed by atoms with van der Waals surface area (Å²) in [4.78, 5) is 60.9. The van der Waals surface area contributed by atoms with Gasteiger partial charge in [-0.15, -0.1) is 0 Å². The normalized spacial score (nSPS) is 17.5. The van der Waals surface area contributed by atoms with Gasteiger partial charge in [-0.3, -0.25) is 29.4 Å². The van der Waals surface area contributed by atoms with Crippen LogP contribution in [0.3, 0.4) is 0 Å². The number of urea groups is 1. The predicted molar refractivity (Wildman–Crippen MR) is 118 cm³/mol. The zero-order valence-corrected chi connectivity index (χ0v) is 18.1. The Kier molecular flexibility index (Phi) is 6.71. The molecule has 3 N–H and O–H groups in total. The molecule has 0 saturated carbocycles. The Morgan fingerprint density at radius 1 is 1.12 bits per heavy atom. The van der Waals surface area contributed by atoms with Crippen LogP contribution >= 0.6 is 0 Å². The molecular weight excluding hydrogens is 430 g/mol. The van der Waals surface area contributed by atoms with E-state index < -0.39 is 40.8 Å². The van der Waals surface area contributed by atoms with E-state index in [-0.39, 0.29) is 17.8 Å². The van der Waals surface area contributed by atoms with E-state index in [1.807, 2.05) is 19.1 Å². The maximum Gasteiger partial charge on any atom is 0.325 e. The van der Waals surface area contributed by atoms with Gasteiger partial charge in [0.15, 0.2) is 0 Å². The van der Waals surface area contributed by atoms with Gasteiger partial charge in [-0.1, -0.05) is 37.3 Å². The zero-order valence-electron chi connectivity index (χ0n) is 18.1. The smallest absolute Gasteiger partial charge is 0.325 e. The lowest BCUT2D eigenvalue weighted by atomic mass is 9.91. The van der Waals surface area contributed by atoms with Gasteiger partial charge in [0, 0.05) is 17.8 Å². The number of nitrogens with zero attached hydrogens (tertiary/aromatic N) is 2. The van der Waals surface area contributed by atoms with Gasteiger partial charge < -0.3 is 16.0 Å². The van der Waals surface area contributed by atoms with Crippen molar-refractivity contribution in [3.05, 3.63) is 69.8 Å². The molecule has 2 aromatic carbocycles. The molecule has 33 heavy (non-hydrogen) atoms. The molecule has 11 heteroatoms. The maximum absolute atomic E-state index is 12.9. The van der Waals surface area contributed by atoms with Gasteiger partial charge in [-0.25, -0.2) is 4.79 Å². The Bertz CT molecular complexity index is 1130. The second-order valence-electron chi connectivity index (χ2n) is 7.59. The van der Waals surface area contributed by atoms with Gasteiger partial charge >= 0.3 is 6.03 Å². The highest BCUT2D eigenvalue weighted by Crippen LogP contribution is 2.30. The van der Waals surface area contributed by atoms with E-state index in [1.54, 1.807) is 12.1 Å². The van der Waals surface area contributed by atoms with Crippen LogP contribution < -0.4 is 16.0 Å². The molecule has 1 saturated heterocycles. The van der Waals surface area contributed by atoms with Crippen LogP contribution in [-0.2, 0) is 26.3 Å². The number of hydrogen-bond acceptors (Lipinski definition) is 6. The number of imide groups is 1. The van der Waals surface area contributed by atoms with Gasteiger partial charge in [0.25, 0.3) is 11.6 Å². The predicted octanol–water partition coefficient (Wildman–Crippen LogP) is 1.68. The number of non-ortho nitro benzene ring substituents is 1. The summed E-state index contributed by atoms with van der Waals surface area (Å²) in [7, 11) is 0. The number of carbonyl (C=O) groups excluding carboxylic acids is 4. The number of aryl methyl sites for hydroxylation is 1. The monoisotopic (exact) mass is 453 g/mol. The molecule has 1 fully saturated rings. The first kappa shape index (κ1) is 23.4. The summed E-state index contributed by atoms with van der Waals surface area (Å²) in [5.74, 6) is -1.90. The second-order valence-corrected chi connectivity index (χ2v) is 7.59. The standard InChI is InChI=1S/C22H23N5O6/c1-3-14-7-4-5-10-17(14)24-18(28)12-23-19(29)13-26-20(30)22(2,25-21(26)31)15-8-6-9-16(11-15)27(32)33/h4-11H,3,12-13H2,1-2H3,(H,23,29)(H,24,28)(H,25,31). The summed E-state index contributed by atoms with van der Waals surface area (Å²) < 4.78 is 0. The fraction of sp³-hybridized carbons (Fsp3) is 0.273. The molecule has 2 aromatic rings. The number of nitrogens with one attached hydrogen (secondary N) is 3. The third-order valence-electron chi connectivity index (χ3n) is 5.33. The molecule has 1 atom stereocenters. The fourth-order valence-corrected chi connectivity index (χ4v) is 3.49. The molecule has 0 aliphatic carbocycles. The molecule has 3 rings (SSSR count). The molecular formula is C22H23N5O6. The first-order valence-electron chi connectivity index (χ1n) is 10.2. The topological polar surface area (TPSA) is 151 Å². The SMILES string of the molecule is CCc1ccccc1NC(=O)CNC(=O)CN1C(=O)NC(C)(c2cccc([N+](=O)[O-])c2)C1=O. The minimum absolute atomic E-state index is 0.215. The van der Waals surface area contributed by atoms with Crippen LogP contribution in [0.4, 0.5) is 16.2 Å². The van der Waals surface area contributed by atoms with Crippen molar-refractivity contribution in [3.8, 4) is 0 Å². The highest BCUT2D eigenvalue weighted by Gasteiger charge is 2.49. The van der Waals surface area contributed by atoms with E-state index >= 15 is 0 Å². The van der Waals surface area contributed by atoms with Crippen molar-refractivity contribution in [1.29, 1.82) is 0 Å². The molecule has 11 nitrogen and oxygen atoms in total. The first-order valence-corrected chi connectivity index (χ1v) is 10.2. The van der Waals surface area contributed by atoms with Crippen LogP contribution in [0.25, 0.3) is 0 Å². The van der Waals surface area contributed by atoms with Crippen molar-refractivity contribution in [2.24, 2.45) is 0 Å². The van der Waals surface area contributed by atoms with E-state index in [0.717, 1.165) is 12.0 Å². The third-order valence-corrected chi connectivity index (χ3v) is 5.33. The number of nitro groups is 1. The number of amides is 5. The number of nitro benzene ring substituents is 1. The molecule has 1 unspecified atom stereocenters. The van der Waals surface area contributed by atoms with Crippen LogP contribution in [-0.4, -0.2) is 46.7 Å². The summed E-state index contributed by atoms with van der Waals surface area (Å²) in [5, 5.41) is 18.6. The molecule has 0 bridgehead atoms. The van der Waals surface area contributed by atoms with Gasteiger partial charge in [-0.2, -0.15) is 0 Å². The number of anilines is 1. The van der Waals surface area contributed by atoms with E-state index in [4.69, 9.17) is 0 Å². The number of hydrogen-bond donors (Lipinski definition) is 3. The summed E-state index contributed by atoms with van der Waals surface area (Å²) in [5.41, 5.74) is -0.00230. The maximum atomic E-state index is 12.9. The second kappa shape index (κ2) is 9.47. The molecule has 0 radical (unpaired) electrons. The molecule has 1 aliphatic rings. The molecule has 0 aromatic heterocycles. The number of carbonyl (C=O) groups is 4. The highest BCUT2D eigenvalue weighted by molar-refractivity contribution is 6.09. The summed E-state index contributed by atoms with van der Waals surface area (Å²) in [6, 6.07) is 11.8. The molecule has 1 aliphatic heterocycles.